The monoisotopic (exact) mass is 365 g/mol. The van der Waals surface area contributed by atoms with E-state index in [0.29, 0.717) is 22.2 Å². The molecule has 1 N–H and O–H groups in total. The number of fused-ring (bicyclic) bond motifs is 1. The molecule has 0 aliphatic heterocycles. The number of hydrogen-bond acceptors (Lipinski definition) is 5. The number of esters is 1. The van der Waals surface area contributed by atoms with Crippen LogP contribution in [-0.2, 0) is 16.1 Å². The van der Waals surface area contributed by atoms with E-state index < -0.39 is 11.6 Å². The van der Waals surface area contributed by atoms with Crippen molar-refractivity contribution < 1.29 is 18.7 Å². The number of benzene rings is 2. The molecule has 0 saturated heterocycles. The van der Waals surface area contributed by atoms with Gasteiger partial charge in [0.2, 0.25) is 5.91 Å². The van der Waals surface area contributed by atoms with Crippen LogP contribution in [0.1, 0.15) is 34.0 Å². The van der Waals surface area contributed by atoms with Gasteiger partial charge in [0.15, 0.2) is 0 Å². The molecular formula is C21H19NO5. The van der Waals surface area contributed by atoms with Crippen LogP contribution in [0.4, 0.5) is 5.69 Å². The lowest BCUT2D eigenvalue weighted by atomic mass is 10.1. The van der Waals surface area contributed by atoms with Gasteiger partial charge in [-0.25, -0.2) is 9.59 Å². The molecule has 3 aromatic rings. The van der Waals surface area contributed by atoms with E-state index in [4.69, 9.17) is 9.15 Å². The van der Waals surface area contributed by atoms with E-state index in [1.165, 1.54) is 13.0 Å². The van der Waals surface area contributed by atoms with Crippen LogP contribution >= 0.6 is 0 Å². The quantitative estimate of drug-likeness (QED) is 0.562. The lowest BCUT2D eigenvalue weighted by Gasteiger charge is -2.13. The van der Waals surface area contributed by atoms with E-state index in [1.54, 1.807) is 31.2 Å². The molecule has 0 fully saturated rings. The van der Waals surface area contributed by atoms with Crippen molar-refractivity contribution in [3.05, 3.63) is 75.1 Å². The summed E-state index contributed by atoms with van der Waals surface area (Å²) in [5.41, 5.74) is 2.89. The van der Waals surface area contributed by atoms with E-state index in [-0.39, 0.29) is 18.1 Å². The van der Waals surface area contributed by atoms with Gasteiger partial charge in [0, 0.05) is 23.9 Å². The van der Waals surface area contributed by atoms with Crippen molar-refractivity contribution in [2.24, 2.45) is 0 Å². The van der Waals surface area contributed by atoms with Gasteiger partial charge in [0.05, 0.1) is 11.3 Å². The fraction of sp³-hybridized carbons (Fsp3) is 0.190. The number of rotatable bonds is 4. The van der Waals surface area contributed by atoms with E-state index in [9.17, 15) is 14.4 Å². The van der Waals surface area contributed by atoms with E-state index in [1.807, 2.05) is 19.1 Å². The van der Waals surface area contributed by atoms with Crippen molar-refractivity contribution in [2.45, 2.75) is 27.4 Å². The Morgan fingerprint density at radius 3 is 2.63 bits per heavy atom. The average molecular weight is 365 g/mol. The van der Waals surface area contributed by atoms with Crippen LogP contribution in [-0.4, -0.2) is 11.9 Å². The van der Waals surface area contributed by atoms with Gasteiger partial charge in [-0.3, -0.25) is 4.79 Å². The third kappa shape index (κ3) is 4.06. The molecule has 0 saturated carbocycles. The molecule has 2 aromatic carbocycles. The first-order chi connectivity index (χ1) is 12.8. The molecular weight excluding hydrogens is 346 g/mol. The highest BCUT2D eigenvalue weighted by atomic mass is 16.5. The number of aryl methyl sites for hydroxylation is 2. The maximum Gasteiger partial charge on any atom is 0.340 e. The van der Waals surface area contributed by atoms with Crippen molar-refractivity contribution in [1.82, 2.24) is 0 Å². The van der Waals surface area contributed by atoms with Crippen LogP contribution in [0.3, 0.4) is 0 Å². The summed E-state index contributed by atoms with van der Waals surface area (Å²) in [6, 6.07) is 11.9. The van der Waals surface area contributed by atoms with Gasteiger partial charge in [-0.1, -0.05) is 24.3 Å². The number of amides is 1. The van der Waals surface area contributed by atoms with Crippen molar-refractivity contribution in [3.8, 4) is 0 Å². The standard InChI is InChI=1S/C21H19NO5/c1-12-7-8-16-15(10-19(24)27-18(16)9-12)11-26-21(25)17-6-4-5-13(2)20(17)22-14(3)23/h4-10H,11H2,1-3H3,(H,22,23). The summed E-state index contributed by atoms with van der Waals surface area (Å²) < 4.78 is 10.6. The Labute approximate surface area is 155 Å². The highest BCUT2D eigenvalue weighted by Gasteiger charge is 2.16. The predicted octanol–water partition coefficient (Wildman–Crippen LogP) is 3.73. The van der Waals surface area contributed by atoms with Crippen LogP contribution in [0.15, 0.2) is 51.7 Å². The fourth-order valence-electron chi connectivity index (χ4n) is 2.86. The molecule has 1 aromatic heterocycles. The van der Waals surface area contributed by atoms with Gasteiger partial charge in [-0.2, -0.15) is 0 Å². The summed E-state index contributed by atoms with van der Waals surface area (Å²) in [7, 11) is 0. The molecule has 0 radical (unpaired) electrons. The molecule has 0 atom stereocenters. The molecule has 3 rings (SSSR count). The summed E-state index contributed by atoms with van der Waals surface area (Å²) in [4.78, 5) is 35.8. The van der Waals surface area contributed by atoms with Gasteiger partial charge in [-0.15, -0.1) is 0 Å². The molecule has 0 aliphatic carbocycles. The number of ether oxygens (including phenoxy) is 1. The first-order valence-corrected chi connectivity index (χ1v) is 8.43. The largest absolute Gasteiger partial charge is 0.457 e. The SMILES string of the molecule is CC(=O)Nc1c(C)cccc1C(=O)OCc1cc(=O)oc2cc(C)ccc12. The molecule has 0 spiro atoms. The first kappa shape index (κ1) is 18.4. The second-order valence-electron chi connectivity index (χ2n) is 6.35. The topological polar surface area (TPSA) is 85.6 Å². The molecule has 0 aliphatic rings. The number of hydrogen-bond donors (Lipinski definition) is 1. The Kier molecular flexibility index (Phi) is 5.07. The zero-order valence-electron chi connectivity index (χ0n) is 15.3. The molecule has 138 valence electrons. The van der Waals surface area contributed by atoms with Crippen LogP contribution in [0.25, 0.3) is 11.0 Å². The minimum absolute atomic E-state index is 0.0859. The summed E-state index contributed by atoms with van der Waals surface area (Å²) >= 11 is 0. The van der Waals surface area contributed by atoms with Crippen LogP contribution in [0.5, 0.6) is 0 Å². The molecule has 6 heteroatoms. The van der Waals surface area contributed by atoms with Gasteiger partial charge >= 0.3 is 11.6 Å². The maximum atomic E-state index is 12.6. The third-order valence-corrected chi connectivity index (χ3v) is 4.14. The molecule has 1 amide bonds. The smallest absolute Gasteiger partial charge is 0.340 e. The molecule has 6 nitrogen and oxygen atoms in total. The average Bonchev–Trinajstić information content (AvgIpc) is 2.60. The Bertz CT molecular complexity index is 1100. The van der Waals surface area contributed by atoms with Gasteiger partial charge in [-0.05, 0) is 37.1 Å². The van der Waals surface area contributed by atoms with E-state index in [0.717, 1.165) is 11.1 Å². The lowest BCUT2D eigenvalue weighted by Crippen LogP contribution is -2.14. The lowest BCUT2D eigenvalue weighted by molar-refractivity contribution is -0.114. The van der Waals surface area contributed by atoms with Crippen molar-refractivity contribution >= 4 is 28.5 Å². The van der Waals surface area contributed by atoms with E-state index >= 15 is 0 Å². The minimum atomic E-state index is -0.587. The van der Waals surface area contributed by atoms with Gasteiger partial charge in [0.1, 0.15) is 12.2 Å². The first-order valence-electron chi connectivity index (χ1n) is 8.43. The van der Waals surface area contributed by atoms with Crippen LogP contribution in [0, 0.1) is 13.8 Å². The highest BCUT2D eigenvalue weighted by Crippen LogP contribution is 2.23. The summed E-state index contributed by atoms with van der Waals surface area (Å²) in [5.74, 6) is -0.865. The normalized spacial score (nSPS) is 10.6. The third-order valence-electron chi connectivity index (χ3n) is 4.14. The Morgan fingerprint density at radius 1 is 1.11 bits per heavy atom. The Balaban J connectivity index is 1.89. The van der Waals surface area contributed by atoms with Crippen molar-refractivity contribution in [3.63, 3.8) is 0 Å². The van der Waals surface area contributed by atoms with Crippen molar-refractivity contribution in [2.75, 3.05) is 5.32 Å². The van der Waals surface area contributed by atoms with Crippen molar-refractivity contribution in [1.29, 1.82) is 0 Å². The number of nitrogens with one attached hydrogen (secondary N) is 1. The van der Waals surface area contributed by atoms with Gasteiger partial charge in [0.25, 0.3) is 0 Å². The summed E-state index contributed by atoms with van der Waals surface area (Å²) in [6.07, 6.45) is 0. The number of carbonyl (C=O) groups is 2. The molecule has 1 heterocycles. The number of carbonyl (C=O) groups excluding carboxylic acids is 2. The number of para-hydroxylation sites is 1. The van der Waals surface area contributed by atoms with Crippen LogP contribution < -0.4 is 10.9 Å². The Hall–Kier alpha value is -3.41. The molecule has 0 bridgehead atoms. The highest BCUT2D eigenvalue weighted by molar-refractivity contribution is 6.01. The second-order valence-corrected chi connectivity index (χ2v) is 6.35. The molecule has 0 unspecified atom stereocenters. The maximum absolute atomic E-state index is 12.6. The van der Waals surface area contributed by atoms with Crippen LogP contribution in [0.2, 0.25) is 0 Å². The second kappa shape index (κ2) is 7.45. The fourth-order valence-corrected chi connectivity index (χ4v) is 2.86. The molecule has 27 heavy (non-hydrogen) atoms. The van der Waals surface area contributed by atoms with Gasteiger partial charge < -0.3 is 14.5 Å². The summed E-state index contributed by atoms with van der Waals surface area (Å²) in [5, 5.41) is 3.37. The number of anilines is 1. The zero-order chi connectivity index (χ0) is 19.6. The Morgan fingerprint density at radius 2 is 1.89 bits per heavy atom. The minimum Gasteiger partial charge on any atom is -0.457 e. The summed E-state index contributed by atoms with van der Waals surface area (Å²) in [6.45, 7) is 4.98. The zero-order valence-corrected chi connectivity index (χ0v) is 15.3. The van der Waals surface area contributed by atoms with E-state index in [2.05, 4.69) is 5.32 Å². The predicted molar refractivity (Wildman–Crippen MR) is 102 cm³/mol.